The standard InChI is InChI=1S/C64H94N12O13/c1-37(77)47(34-57(83)52(35-58(66)84)74-61(87)42(14-9-10-26-65)32-55(81)50(72-38(2)78)29-41-20-22-45(79)23-21-41)63(89)75-49(28-39-12-5-4-6-13-39)54(80)24-25-59(85)73-51(30-40-18-19-40)56(82)33-43(15-11-27-70-64(68)69-3)62(88)76-53(60(67)86)31-44-36-71-48-17-8-7-16-46(44)48/h7-8,16-17,20-23,36-37,39-40,42-43,47,49-53,71,77,79H,4-6,9-15,18-19,24-35,65H2,1-3H3,(H2,66,84)(H2,67,86)(H,72,78)(H,73,85)(H,74,87)(H,75,89)(H,76,88)(H3,68,69,70)/t37-,42-,43-,47+,49+,50-,51+,52+,53+/m1/s1. The highest BCUT2D eigenvalue weighted by atomic mass is 16.3. The van der Waals surface area contributed by atoms with E-state index in [1.54, 1.807) is 18.3 Å². The Morgan fingerprint density at radius 3 is 1.81 bits per heavy atom. The third-order valence-electron chi connectivity index (χ3n) is 16.9. The molecule has 0 radical (unpaired) electrons. The summed E-state index contributed by atoms with van der Waals surface area (Å²) in [5.74, 6) is -10.5. The number of aromatic hydroxyl groups is 1. The van der Waals surface area contributed by atoms with E-state index in [1.807, 2.05) is 24.3 Å². The molecular weight excluding hydrogens is 1140 g/mol. The number of rotatable bonds is 41. The van der Waals surface area contributed by atoms with Crippen molar-refractivity contribution < 1.29 is 63.0 Å². The fraction of sp³-hybridized carbons (Fsp3) is 0.594. The quantitative estimate of drug-likeness (QED) is 0.0220. The third-order valence-corrected chi connectivity index (χ3v) is 16.9. The van der Waals surface area contributed by atoms with Gasteiger partial charge in [-0.1, -0.05) is 81.7 Å². The van der Waals surface area contributed by atoms with E-state index < -0.39 is 131 Å². The first-order valence-electron chi connectivity index (χ1n) is 31.3. The second kappa shape index (κ2) is 36.4. The monoisotopic (exact) mass is 1240 g/mol. The van der Waals surface area contributed by atoms with Crippen LogP contribution in [0.5, 0.6) is 5.75 Å². The Hall–Kier alpha value is -8.06. The molecule has 2 aliphatic rings. The first-order chi connectivity index (χ1) is 42.4. The van der Waals surface area contributed by atoms with Gasteiger partial charge in [-0.15, -0.1) is 0 Å². The number of phenolic OH excluding ortho intramolecular Hbond substituents is 1. The van der Waals surface area contributed by atoms with Gasteiger partial charge in [-0.25, -0.2) is 0 Å². The van der Waals surface area contributed by atoms with Gasteiger partial charge in [0.1, 0.15) is 11.8 Å². The van der Waals surface area contributed by atoms with Crippen molar-refractivity contribution in [1.82, 2.24) is 36.9 Å². The van der Waals surface area contributed by atoms with Gasteiger partial charge in [0.2, 0.25) is 41.4 Å². The number of carbonyl (C=O) groups excluding carboxylic acids is 11. The Morgan fingerprint density at radius 2 is 1.21 bits per heavy atom. The van der Waals surface area contributed by atoms with Gasteiger partial charge < -0.3 is 70.0 Å². The number of aromatic amines is 1. The number of phenols is 1. The van der Waals surface area contributed by atoms with E-state index in [9.17, 15) is 63.0 Å². The van der Waals surface area contributed by atoms with Gasteiger partial charge >= 0.3 is 0 Å². The topological polar surface area (TPSA) is 433 Å². The highest BCUT2D eigenvalue weighted by molar-refractivity contribution is 5.99. The van der Waals surface area contributed by atoms with E-state index in [0.717, 1.165) is 61.4 Å². The zero-order valence-electron chi connectivity index (χ0n) is 51.7. The van der Waals surface area contributed by atoms with Gasteiger partial charge in [0.05, 0.1) is 42.6 Å². The third kappa shape index (κ3) is 24.8. The molecule has 3 aromatic rings. The molecule has 0 unspecified atom stereocenters. The van der Waals surface area contributed by atoms with Crippen LogP contribution < -0.4 is 54.8 Å². The van der Waals surface area contributed by atoms with Crippen LogP contribution in [0.15, 0.2) is 59.7 Å². The summed E-state index contributed by atoms with van der Waals surface area (Å²) >= 11 is 0. The van der Waals surface area contributed by atoms with Crippen molar-refractivity contribution in [1.29, 1.82) is 0 Å². The van der Waals surface area contributed by atoms with E-state index >= 15 is 0 Å². The second-order valence-electron chi connectivity index (χ2n) is 24.2. The lowest BCUT2D eigenvalue weighted by atomic mass is 9.83. The lowest BCUT2D eigenvalue weighted by Crippen LogP contribution is -2.50. The fourth-order valence-electron chi connectivity index (χ4n) is 11.5. The number of aliphatic imine (C=N–C) groups is 1. The number of hydrogen-bond acceptors (Lipinski definition) is 15. The van der Waals surface area contributed by atoms with Crippen LogP contribution in [0.4, 0.5) is 0 Å². The number of aliphatic hydroxyl groups excluding tert-OH is 1. The van der Waals surface area contributed by atoms with E-state index in [-0.39, 0.29) is 87.9 Å². The SMILES string of the molecule is CN=C(N)NCCC[C@H](CC(=O)[C@H](CC1CC1)NC(=O)CCC(=O)[C@H](CC1CCCCC1)NC(=O)[C@@H](CC(=O)[C@H](CC(N)=O)NC(=O)[C@H](CCCCN)CC(=O)[C@@H](Cc1ccc(O)cc1)NC(C)=O)[C@@H](C)O)C(=O)N[C@@H](Cc1c[nH]c2ccccc12)C(N)=O. The predicted molar refractivity (Wildman–Crippen MR) is 334 cm³/mol. The maximum absolute atomic E-state index is 14.3. The molecule has 25 nitrogen and oxygen atoms in total. The summed E-state index contributed by atoms with van der Waals surface area (Å²) in [6.45, 7) is 3.12. The first-order valence-corrected chi connectivity index (χ1v) is 31.3. The molecule has 0 saturated heterocycles. The summed E-state index contributed by atoms with van der Waals surface area (Å²) in [7, 11) is 1.52. The smallest absolute Gasteiger partial charge is 0.240 e. The van der Waals surface area contributed by atoms with Crippen LogP contribution in [0.2, 0.25) is 0 Å². The average molecular weight is 1240 g/mol. The van der Waals surface area contributed by atoms with Crippen LogP contribution in [0.25, 0.3) is 10.9 Å². The molecule has 2 fully saturated rings. The molecule has 488 valence electrons. The molecule has 17 N–H and O–H groups in total. The number of nitrogens with zero attached hydrogens (tertiary/aromatic N) is 1. The molecule has 5 rings (SSSR count). The average Bonchev–Trinajstić information content (AvgIpc) is 2.08. The molecule has 9 atom stereocenters. The van der Waals surface area contributed by atoms with Crippen LogP contribution in [0.1, 0.15) is 153 Å². The molecule has 0 bridgehead atoms. The number of primary amides is 2. The Labute approximate surface area is 520 Å². The van der Waals surface area contributed by atoms with Crippen molar-refractivity contribution in [3.63, 3.8) is 0 Å². The lowest BCUT2D eigenvalue weighted by Gasteiger charge is -2.29. The van der Waals surface area contributed by atoms with Gasteiger partial charge in [0.25, 0.3) is 0 Å². The van der Waals surface area contributed by atoms with Crippen molar-refractivity contribution >= 4 is 81.3 Å². The molecule has 2 saturated carbocycles. The number of H-pyrrole nitrogens is 1. The largest absolute Gasteiger partial charge is 0.508 e. The lowest BCUT2D eigenvalue weighted by molar-refractivity contribution is -0.138. The molecule has 1 aromatic heterocycles. The van der Waals surface area contributed by atoms with Gasteiger partial charge in [0, 0.05) is 88.0 Å². The number of aliphatic hydroxyl groups is 1. The Bertz CT molecular complexity index is 2940. The maximum Gasteiger partial charge on any atom is 0.240 e. The first kappa shape index (κ1) is 71.7. The summed E-state index contributed by atoms with van der Waals surface area (Å²) in [5, 5.41) is 38.2. The van der Waals surface area contributed by atoms with Gasteiger partial charge in [-0.2, -0.15) is 0 Å². The van der Waals surface area contributed by atoms with Gasteiger partial charge in [-0.3, -0.25) is 57.7 Å². The number of ketones is 4. The number of para-hydroxylation sites is 1. The second-order valence-corrected chi connectivity index (χ2v) is 24.2. The van der Waals surface area contributed by atoms with E-state index in [1.165, 1.54) is 33.0 Å². The minimum Gasteiger partial charge on any atom is -0.508 e. The van der Waals surface area contributed by atoms with Crippen LogP contribution in [-0.2, 0) is 65.6 Å². The molecule has 25 heteroatoms. The summed E-state index contributed by atoms with van der Waals surface area (Å²) in [4.78, 5) is 158. The number of Topliss-reactive ketones (excluding diaryl/α,β-unsaturated/α-hetero) is 4. The number of carbonyl (C=O) groups is 11. The number of nitrogens with two attached hydrogens (primary N) is 4. The summed E-state index contributed by atoms with van der Waals surface area (Å²) < 4.78 is 0. The van der Waals surface area contributed by atoms with Crippen molar-refractivity contribution in [2.24, 2.45) is 57.5 Å². The van der Waals surface area contributed by atoms with Gasteiger partial charge in [-0.05, 0) is 99.6 Å². The Morgan fingerprint density at radius 1 is 0.629 bits per heavy atom. The number of amides is 7. The maximum atomic E-state index is 14.3. The Balaban J connectivity index is 1.27. The number of benzene rings is 2. The zero-order valence-corrected chi connectivity index (χ0v) is 51.7. The van der Waals surface area contributed by atoms with E-state index in [0.29, 0.717) is 37.8 Å². The van der Waals surface area contributed by atoms with Crippen LogP contribution >= 0.6 is 0 Å². The van der Waals surface area contributed by atoms with Crippen LogP contribution in [0, 0.1) is 29.6 Å². The molecule has 0 aliphatic heterocycles. The minimum atomic E-state index is -1.60. The van der Waals surface area contributed by atoms with Crippen molar-refractivity contribution in [2.75, 3.05) is 20.1 Å². The van der Waals surface area contributed by atoms with E-state index in [2.05, 4.69) is 41.9 Å². The number of nitrogens with one attached hydrogen (secondary N) is 7. The highest BCUT2D eigenvalue weighted by Crippen LogP contribution is 2.35. The summed E-state index contributed by atoms with van der Waals surface area (Å²) in [6.07, 6.45) is 5.65. The highest BCUT2D eigenvalue weighted by Gasteiger charge is 2.38. The molecule has 0 spiro atoms. The molecule has 2 aliphatic carbocycles. The van der Waals surface area contributed by atoms with Crippen LogP contribution in [-0.4, -0.2) is 142 Å². The molecule has 7 amide bonds. The number of fused-ring (bicyclic) bond motifs is 1. The Kier molecular flexibility index (Phi) is 29.3. The van der Waals surface area contributed by atoms with E-state index in [4.69, 9.17) is 22.9 Å². The number of hydrogen-bond donors (Lipinski definition) is 13. The molecular formula is C64H94N12O13. The molecule has 1 heterocycles. The number of guanidine groups is 1. The predicted octanol–water partition coefficient (Wildman–Crippen LogP) is 2.13. The van der Waals surface area contributed by atoms with Crippen molar-refractivity contribution in [2.45, 2.75) is 191 Å². The number of aromatic nitrogens is 1. The molecule has 89 heavy (non-hydrogen) atoms. The van der Waals surface area contributed by atoms with Crippen molar-refractivity contribution in [3.05, 3.63) is 65.9 Å². The van der Waals surface area contributed by atoms with Crippen LogP contribution in [0.3, 0.4) is 0 Å². The summed E-state index contributed by atoms with van der Waals surface area (Å²) in [6, 6.07) is 7.57. The minimum absolute atomic E-state index is 0.000400. The number of unbranched alkanes of at least 4 members (excludes halogenated alkanes) is 1. The normalized spacial score (nSPS) is 16.6. The zero-order chi connectivity index (χ0) is 65.2. The summed E-state index contributed by atoms with van der Waals surface area (Å²) in [5.41, 5.74) is 25.2. The van der Waals surface area contributed by atoms with Gasteiger partial charge in [0.15, 0.2) is 29.1 Å². The molecule has 2 aromatic carbocycles. The fourth-order valence-corrected chi connectivity index (χ4v) is 11.5. The van der Waals surface area contributed by atoms with Crippen molar-refractivity contribution in [3.8, 4) is 5.75 Å².